The van der Waals surface area contributed by atoms with Gasteiger partial charge in [0.15, 0.2) is 0 Å². The van der Waals surface area contributed by atoms with Crippen molar-refractivity contribution in [2.75, 3.05) is 13.1 Å². The minimum absolute atomic E-state index is 0.399. The van der Waals surface area contributed by atoms with Crippen LogP contribution in [0, 0.1) is 0 Å². The Bertz CT molecular complexity index is 51.8. The molecule has 0 heterocycles. The van der Waals surface area contributed by atoms with Gasteiger partial charge in [0.05, 0.1) is 4.08 Å². The van der Waals surface area contributed by atoms with Crippen molar-refractivity contribution < 1.29 is 0 Å². The first kappa shape index (κ1) is 12.2. The zero-order valence-electron chi connectivity index (χ0n) is 5.12. The van der Waals surface area contributed by atoms with Crippen LogP contribution in [0.4, 0.5) is 0 Å². The summed E-state index contributed by atoms with van der Waals surface area (Å²) < 4.78 is -0.472. The van der Waals surface area contributed by atoms with Crippen LogP contribution in [0.2, 0.25) is 0 Å². The van der Waals surface area contributed by atoms with Crippen molar-refractivity contribution in [3.63, 3.8) is 0 Å². The zero-order valence-corrected chi connectivity index (χ0v) is 6.91. The zero-order chi connectivity index (χ0) is 7.91. The van der Waals surface area contributed by atoms with Crippen molar-refractivity contribution in [1.29, 1.82) is 0 Å². The van der Waals surface area contributed by atoms with E-state index in [1.807, 2.05) is 0 Å². The summed E-state index contributed by atoms with van der Waals surface area (Å²) >= 11 is 8.00. The number of hydrazine groups is 1. The molecule has 6 heteroatoms. The molecule has 0 aromatic carbocycles. The van der Waals surface area contributed by atoms with Crippen molar-refractivity contribution in [3.05, 3.63) is 0 Å². The molecule has 0 fully saturated rings. The van der Waals surface area contributed by atoms with Gasteiger partial charge in [0.2, 0.25) is 0 Å². The fraction of sp³-hybridized carbons (Fsp3) is 1.00. The van der Waals surface area contributed by atoms with E-state index >= 15 is 0 Å². The number of thiol groups is 2. The van der Waals surface area contributed by atoms with Crippen molar-refractivity contribution in [1.82, 2.24) is 0 Å². The number of rotatable bonds is 2. The molecule has 0 rings (SSSR count). The molecule has 8 N–H and O–H groups in total. The van der Waals surface area contributed by atoms with Gasteiger partial charge < -0.3 is 11.5 Å². The van der Waals surface area contributed by atoms with E-state index in [1.54, 1.807) is 0 Å². The predicted octanol–water partition coefficient (Wildman–Crippen LogP) is -1.72. The number of hydrogen-bond donors (Lipinski definition) is 6. The van der Waals surface area contributed by atoms with Crippen LogP contribution in [0.5, 0.6) is 0 Å². The maximum atomic E-state index is 5.18. The number of hydrogen-bond acceptors (Lipinski definition) is 6. The highest BCUT2D eigenvalue weighted by atomic mass is 32.2. The van der Waals surface area contributed by atoms with Gasteiger partial charge in [0.1, 0.15) is 0 Å². The molecule has 0 unspecified atom stereocenters. The molecule has 0 atom stereocenters. The van der Waals surface area contributed by atoms with Crippen LogP contribution in [-0.2, 0) is 0 Å². The van der Waals surface area contributed by atoms with Crippen LogP contribution in [0.15, 0.2) is 0 Å². The molecule has 0 aromatic rings. The molecule has 0 spiro atoms. The lowest BCUT2D eigenvalue weighted by atomic mass is 10.4. The Morgan fingerprint density at radius 1 is 1.00 bits per heavy atom. The molecule has 0 bridgehead atoms. The van der Waals surface area contributed by atoms with Crippen LogP contribution in [0.1, 0.15) is 0 Å². The largest absolute Gasteiger partial charge is 0.328 e. The fourth-order valence-electron chi connectivity index (χ4n) is 0.0833. The summed E-state index contributed by atoms with van der Waals surface area (Å²) in [6.07, 6.45) is 0. The average molecular weight is 170 g/mol. The standard InChI is InChI=1S/C3H10N2S2.H4N2/c4-1-3(6,7)2-5;1-2/h6-7H,1-2,4-5H2;1-2H2. The van der Waals surface area contributed by atoms with Gasteiger partial charge in [-0.15, -0.1) is 0 Å². The van der Waals surface area contributed by atoms with E-state index in [9.17, 15) is 0 Å². The summed E-state index contributed by atoms with van der Waals surface area (Å²) in [6.45, 7) is 0.797. The first-order valence-electron chi connectivity index (χ1n) is 2.30. The van der Waals surface area contributed by atoms with Crippen molar-refractivity contribution >= 4 is 25.3 Å². The maximum Gasteiger partial charge on any atom is 0.0795 e. The molecule has 0 aromatic heterocycles. The molecule has 0 amide bonds. The third kappa shape index (κ3) is 8.54. The van der Waals surface area contributed by atoms with Crippen molar-refractivity contribution in [2.45, 2.75) is 4.08 Å². The molecule has 0 saturated carbocycles. The van der Waals surface area contributed by atoms with E-state index in [0.29, 0.717) is 13.1 Å². The molecule has 0 radical (unpaired) electrons. The second-order valence-corrected chi connectivity index (χ2v) is 3.46. The normalized spacial score (nSPS) is 10.0. The summed E-state index contributed by atoms with van der Waals surface area (Å²) in [5, 5.41) is 0. The molecule has 0 aliphatic carbocycles. The molecule has 58 valence electrons. The predicted molar refractivity (Wildman–Crippen MR) is 47.2 cm³/mol. The van der Waals surface area contributed by atoms with Gasteiger partial charge in [-0.2, -0.15) is 25.3 Å². The molecule has 0 aliphatic rings. The minimum Gasteiger partial charge on any atom is -0.328 e. The summed E-state index contributed by atoms with van der Waals surface area (Å²) in [5.41, 5.74) is 10.4. The Balaban J connectivity index is 0. The maximum absolute atomic E-state index is 5.18. The summed E-state index contributed by atoms with van der Waals surface area (Å²) in [5.74, 6) is 8.00. The highest BCUT2D eigenvalue weighted by Gasteiger charge is 2.13. The molecule has 0 saturated heterocycles. The van der Waals surface area contributed by atoms with E-state index in [0.717, 1.165) is 0 Å². The molecule has 0 aliphatic heterocycles. The van der Waals surface area contributed by atoms with Gasteiger partial charge >= 0.3 is 0 Å². The van der Waals surface area contributed by atoms with Gasteiger partial charge in [-0.1, -0.05) is 0 Å². The Kier molecular flexibility index (Phi) is 9.05. The van der Waals surface area contributed by atoms with Gasteiger partial charge in [-0.3, -0.25) is 11.7 Å². The van der Waals surface area contributed by atoms with E-state index in [1.165, 1.54) is 0 Å². The van der Waals surface area contributed by atoms with E-state index < -0.39 is 4.08 Å². The first-order chi connectivity index (χ1) is 4.12. The van der Waals surface area contributed by atoms with Crippen LogP contribution in [-0.4, -0.2) is 17.2 Å². The highest BCUT2D eigenvalue weighted by Crippen LogP contribution is 2.14. The van der Waals surface area contributed by atoms with Crippen LogP contribution in [0.25, 0.3) is 0 Å². The second-order valence-electron chi connectivity index (χ2n) is 1.39. The van der Waals surface area contributed by atoms with Gasteiger partial charge in [0, 0.05) is 13.1 Å². The highest BCUT2D eigenvalue weighted by molar-refractivity contribution is 8.00. The van der Waals surface area contributed by atoms with Gasteiger partial charge in [-0.05, 0) is 0 Å². The Morgan fingerprint density at radius 2 is 1.22 bits per heavy atom. The summed E-state index contributed by atoms with van der Waals surface area (Å²) in [7, 11) is 0. The fourth-order valence-corrected chi connectivity index (χ4v) is 0.0833. The van der Waals surface area contributed by atoms with Crippen molar-refractivity contribution in [2.24, 2.45) is 23.2 Å². The lowest BCUT2D eigenvalue weighted by molar-refractivity contribution is 0.822. The Morgan fingerprint density at radius 3 is 1.22 bits per heavy atom. The topological polar surface area (TPSA) is 104 Å². The lowest BCUT2D eigenvalue weighted by Gasteiger charge is -2.15. The van der Waals surface area contributed by atoms with Gasteiger partial charge in [-0.25, -0.2) is 0 Å². The average Bonchev–Trinajstić information content (AvgIpc) is 1.93. The molecular formula is C3H14N4S2. The van der Waals surface area contributed by atoms with Gasteiger partial charge in [0.25, 0.3) is 0 Å². The van der Waals surface area contributed by atoms with Crippen molar-refractivity contribution in [3.8, 4) is 0 Å². The molecule has 4 nitrogen and oxygen atoms in total. The SMILES string of the molecule is NCC(S)(S)CN.NN. The second kappa shape index (κ2) is 6.66. The van der Waals surface area contributed by atoms with Crippen LogP contribution in [0.3, 0.4) is 0 Å². The van der Waals surface area contributed by atoms with Crippen LogP contribution < -0.4 is 23.2 Å². The monoisotopic (exact) mass is 170 g/mol. The Labute approximate surface area is 66.1 Å². The third-order valence-corrected chi connectivity index (χ3v) is 1.38. The third-order valence-electron chi connectivity index (χ3n) is 0.654. The van der Waals surface area contributed by atoms with E-state index in [-0.39, 0.29) is 0 Å². The molecule has 9 heavy (non-hydrogen) atoms. The van der Waals surface area contributed by atoms with Crippen LogP contribution >= 0.6 is 25.3 Å². The Hall–Kier alpha value is 0.540. The van der Waals surface area contributed by atoms with E-state index in [2.05, 4.69) is 36.9 Å². The van der Waals surface area contributed by atoms with E-state index in [4.69, 9.17) is 11.5 Å². The molecular weight excluding hydrogens is 156 g/mol. The lowest BCUT2D eigenvalue weighted by Crippen LogP contribution is -2.33. The number of nitrogens with two attached hydrogens (primary N) is 4. The summed E-state index contributed by atoms with van der Waals surface area (Å²) in [6, 6.07) is 0. The quantitative estimate of drug-likeness (QED) is 0.128. The smallest absolute Gasteiger partial charge is 0.0795 e. The summed E-state index contributed by atoms with van der Waals surface area (Å²) in [4.78, 5) is 0. The minimum atomic E-state index is -0.472. The first-order valence-corrected chi connectivity index (χ1v) is 3.20.